The highest BCUT2D eigenvalue weighted by molar-refractivity contribution is 8.18. The predicted molar refractivity (Wildman–Crippen MR) is 82.6 cm³/mol. The van der Waals surface area contributed by atoms with E-state index in [9.17, 15) is 4.79 Å². The number of carbonyl (C=O) groups excluding carboxylic acids is 1. The Bertz CT molecular complexity index is 454. The number of aliphatic imine (C=N–C) groups is 1. The molecule has 0 atom stereocenters. The highest BCUT2D eigenvalue weighted by Gasteiger charge is 2.31. The van der Waals surface area contributed by atoms with Crippen molar-refractivity contribution in [1.82, 2.24) is 15.1 Å². The van der Waals surface area contributed by atoms with Gasteiger partial charge < -0.3 is 15.1 Å². The molecule has 1 saturated heterocycles. The number of amidine groups is 1. The van der Waals surface area contributed by atoms with Crippen molar-refractivity contribution >= 4 is 22.8 Å². The summed E-state index contributed by atoms with van der Waals surface area (Å²) >= 11 is 1.52. The average molecular weight is 294 g/mol. The molecule has 0 unspecified atom stereocenters. The molecule has 0 radical (unpaired) electrons. The second-order valence-corrected chi connectivity index (χ2v) is 6.47. The Balaban J connectivity index is 1.53. The number of hydrogen-bond donors (Lipinski definition) is 1. The van der Waals surface area contributed by atoms with Crippen molar-refractivity contribution in [3.63, 3.8) is 0 Å². The van der Waals surface area contributed by atoms with Gasteiger partial charge >= 0.3 is 0 Å². The van der Waals surface area contributed by atoms with Crippen molar-refractivity contribution in [3.8, 4) is 0 Å². The van der Waals surface area contributed by atoms with Crippen LogP contribution in [0.2, 0.25) is 0 Å². The summed E-state index contributed by atoms with van der Waals surface area (Å²) in [5.74, 6) is 0.0591. The van der Waals surface area contributed by atoms with Crippen LogP contribution in [0.5, 0.6) is 0 Å². The minimum absolute atomic E-state index is 0.0591. The molecule has 0 aromatic carbocycles. The highest BCUT2D eigenvalue weighted by Crippen LogP contribution is 2.35. The van der Waals surface area contributed by atoms with Crippen LogP contribution in [0.4, 0.5) is 0 Å². The lowest BCUT2D eigenvalue weighted by molar-refractivity contribution is -0.116. The second kappa shape index (κ2) is 6.18. The fraction of sp³-hybridized carbons (Fsp3) is 0.714. The van der Waals surface area contributed by atoms with Crippen LogP contribution in [0.15, 0.2) is 15.6 Å². The Morgan fingerprint density at radius 2 is 2.10 bits per heavy atom. The summed E-state index contributed by atoms with van der Waals surface area (Å²) in [6.45, 7) is 7.96. The zero-order valence-electron chi connectivity index (χ0n) is 12.0. The number of nitrogens with zero attached hydrogens (tertiary/aromatic N) is 3. The first-order valence-electron chi connectivity index (χ1n) is 7.47. The molecule has 0 spiro atoms. The number of hydrogen-bond acceptors (Lipinski definition) is 5. The molecule has 3 heterocycles. The number of carbonyl (C=O) groups is 1. The standard InChI is InChI=1S/C14H22N4OS/c1-11-12(20-14-16-5-4-9-18(11)14)13(19)15-6-10-17-7-2-3-8-17/h2-10H2,1H3,(H,15,19). The number of fused-ring (bicyclic) bond motifs is 1. The van der Waals surface area contributed by atoms with E-state index in [0.717, 1.165) is 48.4 Å². The maximum absolute atomic E-state index is 12.3. The molecule has 1 fully saturated rings. The zero-order chi connectivity index (χ0) is 13.9. The molecule has 3 aliphatic heterocycles. The maximum atomic E-state index is 12.3. The van der Waals surface area contributed by atoms with Crippen molar-refractivity contribution in [2.45, 2.75) is 26.2 Å². The number of allylic oxidation sites excluding steroid dienone is 1. The molecule has 0 aliphatic carbocycles. The van der Waals surface area contributed by atoms with Gasteiger partial charge in [-0.1, -0.05) is 0 Å². The number of likely N-dealkylation sites (tertiary alicyclic amines) is 1. The molecule has 0 aromatic heterocycles. The average Bonchev–Trinajstić information content (AvgIpc) is 3.08. The summed E-state index contributed by atoms with van der Waals surface area (Å²) in [7, 11) is 0. The van der Waals surface area contributed by atoms with Gasteiger partial charge in [-0.2, -0.15) is 0 Å². The van der Waals surface area contributed by atoms with E-state index >= 15 is 0 Å². The fourth-order valence-corrected chi connectivity index (χ4v) is 4.00. The van der Waals surface area contributed by atoms with E-state index in [0.29, 0.717) is 0 Å². The smallest absolute Gasteiger partial charge is 0.259 e. The fourth-order valence-electron chi connectivity index (χ4n) is 2.90. The van der Waals surface area contributed by atoms with Gasteiger partial charge in [-0.25, -0.2) is 0 Å². The van der Waals surface area contributed by atoms with Crippen LogP contribution >= 0.6 is 11.8 Å². The molecule has 1 amide bonds. The first-order chi connectivity index (χ1) is 9.75. The van der Waals surface area contributed by atoms with Gasteiger partial charge in [0.05, 0.1) is 4.91 Å². The van der Waals surface area contributed by atoms with Gasteiger partial charge in [0.2, 0.25) is 0 Å². The minimum atomic E-state index is 0.0591. The van der Waals surface area contributed by atoms with Crippen molar-refractivity contribution in [3.05, 3.63) is 10.6 Å². The summed E-state index contributed by atoms with van der Waals surface area (Å²) in [5, 5.41) is 4.05. The molecule has 5 nitrogen and oxygen atoms in total. The SMILES string of the molecule is CC1=C(C(=O)NCCN2CCCC2)SC2=NCCCN21. The monoisotopic (exact) mass is 294 g/mol. The van der Waals surface area contributed by atoms with Gasteiger partial charge in [0.15, 0.2) is 5.17 Å². The molecule has 6 heteroatoms. The van der Waals surface area contributed by atoms with E-state index in [-0.39, 0.29) is 5.91 Å². The normalized spacial score (nSPS) is 23.1. The number of amides is 1. The number of nitrogens with one attached hydrogen (secondary N) is 1. The number of rotatable bonds is 4. The molecule has 1 N–H and O–H groups in total. The van der Waals surface area contributed by atoms with E-state index < -0.39 is 0 Å². The minimum Gasteiger partial charge on any atom is -0.350 e. The van der Waals surface area contributed by atoms with Crippen molar-refractivity contribution < 1.29 is 4.79 Å². The van der Waals surface area contributed by atoms with Gasteiger partial charge in [0, 0.05) is 31.9 Å². The Morgan fingerprint density at radius 3 is 2.85 bits per heavy atom. The first-order valence-corrected chi connectivity index (χ1v) is 8.28. The van der Waals surface area contributed by atoms with Gasteiger partial charge in [-0.3, -0.25) is 9.79 Å². The lowest BCUT2D eigenvalue weighted by Gasteiger charge is -2.23. The van der Waals surface area contributed by atoms with Gasteiger partial charge in [0.1, 0.15) is 0 Å². The first kappa shape index (κ1) is 13.9. The molecule has 0 saturated carbocycles. The van der Waals surface area contributed by atoms with E-state index in [1.54, 1.807) is 0 Å². The third-order valence-corrected chi connectivity index (χ3v) is 5.28. The molecule has 3 rings (SSSR count). The van der Waals surface area contributed by atoms with Crippen LogP contribution in [0.3, 0.4) is 0 Å². The van der Waals surface area contributed by atoms with Gasteiger partial charge in [0.25, 0.3) is 5.91 Å². The Kier molecular flexibility index (Phi) is 4.31. The Hall–Kier alpha value is -1.01. The topological polar surface area (TPSA) is 47.9 Å². The number of thioether (sulfide) groups is 1. The molecule has 0 aromatic rings. The van der Waals surface area contributed by atoms with Gasteiger partial charge in [-0.15, -0.1) is 0 Å². The quantitative estimate of drug-likeness (QED) is 0.847. The molecule has 0 bridgehead atoms. The second-order valence-electron chi connectivity index (χ2n) is 5.49. The summed E-state index contributed by atoms with van der Waals surface area (Å²) in [4.78, 5) is 22.2. The lowest BCUT2D eigenvalue weighted by atomic mass is 10.3. The van der Waals surface area contributed by atoms with Crippen molar-refractivity contribution in [2.75, 3.05) is 39.3 Å². The van der Waals surface area contributed by atoms with Crippen LogP contribution in [0.1, 0.15) is 26.2 Å². The van der Waals surface area contributed by atoms with Crippen LogP contribution in [0, 0.1) is 0 Å². The van der Waals surface area contributed by atoms with E-state index in [4.69, 9.17) is 0 Å². The molecular weight excluding hydrogens is 272 g/mol. The van der Waals surface area contributed by atoms with Crippen LogP contribution in [0.25, 0.3) is 0 Å². The van der Waals surface area contributed by atoms with E-state index in [2.05, 4.69) is 20.1 Å². The summed E-state index contributed by atoms with van der Waals surface area (Å²) < 4.78 is 0. The molecule has 3 aliphatic rings. The highest BCUT2D eigenvalue weighted by atomic mass is 32.2. The van der Waals surface area contributed by atoms with E-state index in [1.165, 1.54) is 37.7 Å². The predicted octanol–water partition coefficient (Wildman–Crippen LogP) is 1.24. The summed E-state index contributed by atoms with van der Waals surface area (Å²) in [6, 6.07) is 0. The van der Waals surface area contributed by atoms with Crippen LogP contribution in [-0.2, 0) is 4.79 Å². The van der Waals surface area contributed by atoms with Crippen molar-refractivity contribution in [1.29, 1.82) is 0 Å². The summed E-state index contributed by atoms with van der Waals surface area (Å²) in [6.07, 6.45) is 3.66. The molecule has 110 valence electrons. The van der Waals surface area contributed by atoms with Gasteiger partial charge in [-0.05, 0) is 51.0 Å². The van der Waals surface area contributed by atoms with Crippen molar-refractivity contribution in [2.24, 2.45) is 4.99 Å². The maximum Gasteiger partial charge on any atom is 0.259 e. The molecular formula is C14H22N4OS. The Labute approximate surface area is 124 Å². The van der Waals surface area contributed by atoms with Crippen LogP contribution < -0.4 is 5.32 Å². The third kappa shape index (κ3) is 2.86. The largest absolute Gasteiger partial charge is 0.350 e. The van der Waals surface area contributed by atoms with E-state index in [1.807, 2.05) is 6.92 Å². The van der Waals surface area contributed by atoms with Crippen LogP contribution in [-0.4, -0.2) is 60.1 Å². The molecule has 20 heavy (non-hydrogen) atoms. The Morgan fingerprint density at radius 1 is 1.30 bits per heavy atom. The third-order valence-electron chi connectivity index (χ3n) is 4.06. The zero-order valence-corrected chi connectivity index (χ0v) is 12.8. The lowest BCUT2D eigenvalue weighted by Crippen LogP contribution is -2.34. The summed E-state index contributed by atoms with van der Waals surface area (Å²) in [5.41, 5.74) is 1.06.